The number of aliphatic carboxylic acids is 1. The Morgan fingerprint density at radius 3 is 2.62 bits per heavy atom. The van der Waals surface area contributed by atoms with Crippen molar-refractivity contribution in [1.29, 1.82) is 0 Å². The van der Waals surface area contributed by atoms with E-state index in [1.807, 2.05) is 47.9 Å². The standard InChI is InChI=1S/C26H31ClN2O2S/c1-3-5-11-21(24-13-9-15-32-24)22(26(30)31)16-20-17-28-25(14-6-4-2)29(20)18-19-10-7-8-12-23(19)27/h7-10,12-13,15-17,21H,3-6,11,14,18H2,1-2H3,(H,30,31). The lowest BCUT2D eigenvalue weighted by atomic mass is 9.91. The van der Waals surface area contributed by atoms with Gasteiger partial charge in [-0.15, -0.1) is 11.3 Å². The predicted molar refractivity (Wildman–Crippen MR) is 134 cm³/mol. The highest BCUT2D eigenvalue weighted by atomic mass is 35.5. The fraction of sp³-hybridized carbons (Fsp3) is 0.385. The number of carbonyl (C=O) groups is 1. The van der Waals surface area contributed by atoms with Gasteiger partial charge in [0.1, 0.15) is 5.82 Å². The lowest BCUT2D eigenvalue weighted by molar-refractivity contribution is -0.132. The maximum atomic E-state index is 12.4. The van der Waals surface area contributed by atoms with Crippen molar-refractivity contribution in [1.82, 2.24) is 9.55 Å². The molecule has 1 aromatic carbocycles. The summed E-state index contributed by atoms with van der Waals surface area (Å²) in [5.74, 6) is -0.0423. The molecule has 6 heteroatoms. The van der Waals surface area contributed by atoms with Crippen LogP contribution in [0, 0.1) is 0 Å². The number of benzene rings is 1. The molecule has 1 N–H and O–H groups in total. The summed E-state index contributed by atoms with van der Waals surface area (Å²) >= 11 is 8.06. The van der Waals surface area contributed by atoms with Crippen LogP contribution in [0.4, 0.5) is 0 Å². The Hall–Kier alpha value is -2.37. The van der Waals surface area contributed by atoms with Gasteiger partial charge < -0.3 is 9.67 Å². The van der Waals surface area contributed by atoms with Crippen molar-refractivity contribution in [2.24, 2.45) is 0 Å². The van der Waals surface area contributed by atoms with E-state index in [1.54, 1.807) is 17.5 Å². The Balaban J connectivity index is 2.05. The molecule has 3 rings (SSSR count). The number of aromatic nitrogens is 2. The molecule has 2 heterocycles. The molecule has 0 aliphatic rings. The first-order valence-electron chi connectivity index (χ1n) is 11.3. The highest BCUT2D eigenvalue weighted by molar-refractivity contribution is 7.10. The second kappa shape index (κ2) is 12.0. The number of hydrogen-bond donors (Lipinski definition) is 1. The number of carboxylic acid groups (broad SMARTS) is 1. The zero-order valence-corrected chi connectivity index (χ0v) is 20.3. The molecule has 0 saturated heterocycles. The van der Waals surface area contributed by atoms with Crippen molar-refractivity contribution in [3.63, 3.8) is 0 Å². The van der Waals surface area contributed by atoms with Crippen LogP contribution in [0.5, 0.6) is 0 Å². The van der Waals surface area contributed by atoms with Crippen molar-refractivity contribution < 1.29 is 9.90 Å². The maximum absolute atomic E-state index is 12.4. The topological polar surface area (TPSA) is 55.1 Å². The summed E-state index contributed by atoms with van der Waals surface area (Å²) in [7, 11) is 0. The quantitative estimate of drug-likeness (QED) is 0.280. The fourth-order valence-electron chi connectivity index (χ4n) is 3.88. The molecule has 0 aliphatic heterocycles. The normalized spacial score (nSPS) is 12.8. The lowest BCUT2D eigenvalue weighted by Crippen LogP contribution is -2.12. The van der Waals surface area contributed by atoms with Crippen LogP contribution < -0.4 is 0 Å². The zero-order valence-electron chi connectivity index (χ0n) is 18.8. The first-order chi connectivity index (χ1) is 15.5. The summed E-state index contributed by atoms with van der Waals surface area (Å²) < 4.78 is 2.12. The molecule has 32 heavy (non-hydrogen) atoms. The molecule has 170 valence electrons. The SMILES string of the molecule is CCCCc1ncc(C=C(C(=O)O)C(CCCC)c2cccs2)n1Cc1ccccc1Cl. The number of halogens is 1. The lowest BCUT2D eigenvalue weighted by Gasteiger charge is -2.17. The monoisotopic (exact) mass is 470 g/mol. The Bertz CT molecular complexity index is 1040. The molecule has 3 aromatic rings. The molecule has 0 fully saturated rings. The van der Waals surface area contributed by atoms with E-state index in [0.29, 0.717) is 17.1 Å². The number of aryl methyl sites for hydroxylation is 1. The average molecular weight is 471 g/mol. The minimum absolute atomic E-state index is 0.129. The summed E-state index contributed by atoms with van der Waals surface area (Å²) in [6.45, 7) is 4.86. The molecule has 0 amide bonds. The van der Waals surface area contributed by atoms with Crippen molar-refractivity contribution in [3.05, 3.63) is 80.5 Å². The van der Waals surface area contributed by atoms with Gasteiger partial charge in [-0.1, -0.05) is 69.0 Å². The predicted octanol–water partition coefficient (Wildman–Crippen LogP) is 7.43. The minimum Gasteiger partial charge on any atom is -0.478 e. The molecule has 4 nitrogen and oxygen atoms in total. The number of rotatable bonds is 12. The van der Waals surface area contributed by atoms with Crippen LogP contribution in [0.1, 0.15) is 73.8 Å². The Morgan fingerprint density at radius 1 is 1.19 bits per heavy atom. The van der Waals surface area contributed by atoms with Crippen molar-refractivity contribution in [2.45, 2.75) is 64.8 Å². The van der Waals surface area contributed by atoms with E-state index in [0.717, 1.165) is 60.5 Å². The van der Waals surface area contributed by atoms with Gasteiger partial charge in [-0.2, -0.15) is 0 Å². The molecule has 0 aliphatic carbocycles. The summed E-state index contributed by atoms with van der Waals surface area (Å²) in [5, 5.41) is 12.9. The molecule has 0 bridgehead atoms. The van der Waals surface area contributed by atoms with E-state index < -0.39 is 5.97 Å². The third-order valence-corrected chi connectivity index (χ3v) is 7.02. The number of nitrogens with zero attached hydrogens (tertiary/aromatic N) is 2. The summed E-state index contributed by atoms with van der Waals surface area (Å²) in [5.41, 5.74) is 2.23. The first kappa shape index (κ1) is 24.3. The molecule has 1 atom stereocenters. The Kier molecular flexibility index (Phi) is 9.12. The van der Waals surface area contributed by atoms with Gasteiger partial charge in [0.15, 0.2) is 0 Å². The van der Waals surface area contributed by atoms with E-state index in [4.69, 9.17) is 11.6 Å². The fourth-order valence-corrected chi connectivity index (χ4v) is 4.95. The van der Waals surface area contributed by atoms with Crippen LogP contribution in [0.3, 0.4) is 0 Å². The van der Waals surface area contributed by atoms with Crippen LogP contribution in [0.25, 0.3) is 6.08 Å². The largest absolute Gasteiger partial charge is 0.478 e. The number of unbranched alkanes of at least 4 members (excludes halogenated alkanes) is 2. The van der Waals surface area contributed by atoms with Crippen LogP contribution in [-0.4, -0.2) is 20.6 Å². The molecule has 0 radical (unpaired) electrons. The minimum atomic E-state index is -0.875. The van der Waals surface area contributed by atoms with Crippen LogP contribution in [-0.2, 0) is 17.8 Å². The summed E-state index contributed by atoms with van der Waals surface area (Å²) in [4.78, 5) is 18.1. The summed E-state index contributed by atoms with van der Waals surface area (Å²) in [6.07, 6.45) is 9.40. The number of carboxylic acids is 1. The maximum Gasteiger partial charge on any atom is 0.332 e. The Labute approximate surface area is 199 Å². The van der Waals surface area contributed by atoms with Crippen molar-refractivity contribution in [2.75, 3.05) is 0 Å². The number of thiophene rings is 1. The highest BCUT2D eigenvalue weighted by Gasteiger charge is 2.24. The highest BCUT2D eigenvalue weighted by Crippen LogP contribution is 2.34. The van der Waals surface area contributed by atoms with E-state index in [9.17, 15) is 9.90 Å². The molecular weight excluding hydrogens is 440 g/mol. The van der Waals surface area contributed by atoms with E-state index in [-0.39, 0.29) is 5.92 Å². The molecular formula is C26H31ClN2O2S. The average Bonchev–Trinajstić information content (AvgIpc) is 3.44. The molecule has 2 aromatic heterocycles. The van der Waals surface area contributed by atoms with Crippen LogP contribution in [0.2, 0.25) is 5.02 Å². The molecule has 0 spiro atoms. The van der Waals surface area contributed by atoms with Gasteiger partial charge in [0.2, 0.25) is 0 Å². The van der Waals surface area contributed by atoms with Gasteiger partial charge in [0.25, 0.3) is 0 Å². The van der Waals surface area contributed by atoms with Gasteiger partial charge >= 0.3 is 5.97 Å². The number of imidazole rings is 1. The van der Waals surface area contributed by atoms with Crippen molar-refractivity contribution >= 4 is 35.0 Å². The van der Waals surface area contributed by atoms with Gasteiger partial charge in [-0.25, -0.2) is 9.78 Å². The molecule has 0 saturated carbocycles. The number of hydrogen-bond acceptors (Lipinski definition) is 3. The molecule has 1 unspecified atom stereocenters. The van der Waals surface area contributed by atoms with Crippen LogP contribution >= 0.6 is 22.9 Å². The van der Waals surface area contributed by atoms with E-state index in [1.165, 1.54) is 0 Å². The summed E-state index contributed by atoms with van der Waals surface area (Å²) in [6, 6.07) is 11.8. The third kappa shape index (κ3) is 6.11. The Morgan fingerprint density at radius 2 is 1.97 bits per heavy atom. The zero-order chi connectivity index (χ0) is 22.9. The smallest absolute Gasteiger partial charge is 0.332 e. The van der Waals surface area contributed by atoms with E-state index in [2.05, 4.69) is 23.4 Å². The van der Waals surface area contributed by atoms with E-state index >= 15 is 0 Å². The van der Waals surface area contributed by atoms with Gasteiger partial charge in [-0.05, 0) is 42.0 Å². The second-order valence-corrected chi connectivity index (χ2v) is 9.38. The second-order valence-electron chi connectivity index (χ2n) is 8.00. The van der Waals surface area contributed by atoms with Crippen LogP contribution in [0.15, 0.2) is 53.5 Å². The third-order valence-electron chi connectivity index (χ3n) is 5.67. The van der Waals surface area contributed by atoms with Gasteiger partial charge in [-0.3, -0.25) is 0 Å². The van der Waals surface area contributed by atoms with Crippen molar-refractivity contribution in [3.8, 4) is 0 Å². The van der Waals surface area contributed by atoms with Gasteiger partial charge in [0, 0.05) is 27.8 Å². The van der Waals surface area contributed by atoms with Gasteiger partial charge in [0.05, 0.1) is 18.4 Å². The first-order valence-corrected chi connectivity index (χ1v) is 12.6.